The Morgan fingerprint density at radius 1 is 0.870 bits per heavy atom. The molecule has 0 aliphatic heterocycles. The van der Waals surface area contributed by atoms with E-state index in [1.807, 2.05) is 48.5 Å². The number of benzene rings is 2. The van der Waals surface area contributed by atoms with Gasteiger partial charge in [0.05, 0.1) is 0 Å². The summed E-state index contributed by atoms with van der Waals surface area (Å²) in [5, 5.41) is 11.7. The lowest BCUT2D eigenvalue weighted by atomic mass is 10.0. The summed E-state index contributed by atoms with van der Waals surface area (Å²) in [4.78, 5) is 0. The van der Waals surface area contributed by atoms with Gasteiger partial charge in [0.1, 0.15) is 12.3 Å². The van der Waals surface area contributed by atoms with Crippen LogP contribution in [-0.4, -0.2) is 21.5 Å². The van der Waals surface area contributed by atoms with Crippen molar-refractivity contribution in [1.82, 2.24) is 15.4 Å². The Labute approximate surface area is 144 Å². The molecule has 0 saturated carbocycles. The topological polar surface area (TPSA) is 50.8 Å². The molecule has 0 aliphatic rings. The van der Waals surface area contributed by atoms with E-state index in [2.05, 4.69) is 15.4 Å². The maximum Gasteiger partial charge on any atom is 0.253 e. The van der Waals surface area contributed by atoms with E-state index in [9.17, 15) is 0 Å². The Kier molecular flexibility index (Phi) is 5.16. The Hall–Kier alpha value is -2.04. The lowest BCUT2D eigenvalue weighted by molar-refractivity contribution is 0.193. The van der Waals surface area contributed by atoms with Crippen LogP contribution in [0.25, 0.3) is 0 Å². The van der Waals surface area contributed by atoms with E-state index >= 15 is 0 Å². The second kappa shape index (κ2) is 7.49. The van der Waals surface area contributed by atoms with Crippen molar-refractivity contribution in [1.29, 1.82) is 0 Å². The van der Waals surface area contributed by atoms with Gasteiger partial charge in [-0.15, -0.1) is 5.10 Å². The van der Waals surface area contributed by atoms with Gasteiger partial charge in [-0.25, -0.2) is 0 Å². The molecule has 0 radical (unpaired) electrons. The van der Waals surface area contributed by atoms with Gasteiger partial charge >= 0.3 is 0 Å². The molecule has 0 spiro atoms. The van der Waals surface area contributed by atoms with Crippen molar-refractivity contribution >= 4 is 23.2 Å². The molecule has 0 saturated heterocycles. The number of nitrogens with one attached hydrogen (secondary N) is 1. The van der Waals surface area contributed by atoms with Gasteiger partial charge in [0.25, 0.3) is 5.88 Å². The van der Waals surface area contributed by atoms with Crippen LogP contribution >= 0.6 is 23.2 Å². The summed E-state index contributed by atoms with van der Waals surface area (Å²) in [5.41, 5.74) is 2.30. The molecule has 0 bridgehead atoms. The molecular formula is C17H15Cl2N3O. The highest BCUT2D eigenvalue weighted by Gasteiger charge is 2.14. The van der Waals surface area contributed by atoms with Crippen LogP contribution in [-0.2, 0) is 12.8 Å². The fourth-order valence-electron chi connectivity index (χ4n) is 2.34. The number of hydrogen-bond acceptors (Lipinski definition) is 3. The first-order valence-electron chi connectivity index (χ1n) is 7.20. The van der Waals surface area contributed by atoms with E-state index in [0.717, 1.165) is 34.0 Å². The van der Waals surface area contributed by atoms with E-state index in [-0.39, 0.29) is 6.10 Å². The first kappa shape index (κ1) is 15.8. The van der Waals surface area contributed by atoms with Crippen LogP contribution < -0.4 is 4.74 Å². The predicted molar refractivity (Wildman–Crippen MR) is 91.1 cm³/mol. The van der Waals surface area contributed by atoms with Gasteiger partial charge < -0.3 is 4.74 Å². The molecule has 23 heavy (non-hydrogen) atoms. The van der Waals surface area contributed by atoms with Gasteiger partial charge in [-0.05, 0) is 35.4 Å². The maximum atomic E-state index is 5.95. The molecule has 3 aromatic rings. The number of hydrogen-bond donors (Lipinski definition) is 1. The molecule has 0 amide bonds. The van der Waals surface area contributed by atoms with Gasteiger partial charge in [0.2, 0.25) is 0 Å². The molecule has 4 nitrogen and oxygen atoms in total. The standard InChI is InChI=1S/C17H15Cl2N3O/c18-14-5-1-12(2-6-14)9-16(23-17-11-20-22-21-17)10-13-3-7-15(19)8-4-13/h1-8,11,16H,9-10H2,(H,20,21,22). The summed E-state index contributed by atoms with van der Waals surface area (Å²) in [6.45, 7) is 0. The van der Waals surface area contributed by atoms with Crippen molar-refractivity contribution in [3.05, 3.63) is 75.9 Å². The van der Waals surface area contributed by atoms with Gasteiger partial charge in [-0.3, -0.25) is 0 Å². The normalized spacial score (nSPS) is 10.9. The van der Waals surface area contributed by atoms with Gasteiger partial charge in [-0.2, -0.15) is 10.3 Å². The van der Waals surface area contributed by atoms with Crippen LogP contribution in [0.1, 0.15) is 11.1 Å². The zero-order valence-corrected chi connectivity index (χ0v) is 13.8. The number of rotatable bonds is 6. The zero-order chi connectivity index (χ0) is 16.1. The van der Waals surface area contributed by atoms with E-state index < -0.39 is 0 Å². The second-order valence-corrected chi connectivity index (χ2v) is 6.08. The maximum absolute atomic E-state index is 5.95. The van der Waals surface area contributed by atoms with Crippen molar-refractivity contribution in [3.63, 3.8) is 0 Å². The highest BCUT2D eigenvalue weighted by atomic mass is 35.5. The van der Waals surface area contributed by atoms with E-state index in [1.54, 1.807) is 6.20 Å². The van der Waals surface area contributed by atoms with Crippen molar-refractivity contribution in [3.8, 4) is 5.88 Å². The van der Waals surface area contributed by atoms with Crippen LogP contribution in [0.3, 0.4) is 0 Å². The van der Waals surface area contributed by atoms with E-state index in [4.69, 9.17) is 27.9 Å². The van der Waals surface area contributed by atoms with Crippen molar-refractivity contribution in [2.24, 2.45) is 0 Å². The fraction of sp³-hybridized carbons (Fsp3) is 0.176. The molecule has 1 aromatic heterocycles. The Morgan fingerprint density at radius 3 is 1.83 bits per heavy atom. The van der Waals surface area contributed by atoms with Crippen LogP contribution in [0.2, 0.25) is 10.0 Å². The van der Waals surface area contributed by atoms with E-state index in [1.165, 1.54) is 0 Å². The number of halogens is 2. The summed E-state index contributed by atoms with van der Waals surface area (Å²) in [7, 11) is 0. The lowest BCUT2D eigenvalue weighted by Gasteiger charge is -2.18. The molecule has 0 unspecified atom stereocenters. The molecule has 6 heteroatoms. The second-order valence-electron chi connectivity index (χ2n) is 5.21. The summed E-state index contributed by atoms with van der Waals surface area (Å²) >= 11 is 11.9. The first-order chi connectivity index (χ1) is 11.2. The van der Waals surface area contributed by atoms with Crippen molar-refractivity contribution in [2.45, 2.75) is 18.9 Å². The lowest BCUT2D eigenvalue weighted by Crippen LogP contribution is -2.22. The minimum Gasteiger partial charge on any atom is -0.471 e. The largest absolute Gasteiger partial charge is 0.471 e. The number of aromatic amines is 1. The van der Waals surface area contributed by atoms with Gasteiger partial charge in [0.15, 0.2) is 0 Å². The molecule has 118 valence electrons. The summed E-state index contributed by atoms with van der Waals surface area (Å²) in [6.07, 6.45) is 2.98. The summed E-state index contributed by atoms with van der Waals surface area (Å²) < 4.78 is 5.95. The Balaban J connectivity index is 1.75. The number of nitrogens with zero attached hydrogens (tertiary/aromatic N) is 2. The third kappa shape index (κ3) is 4.71. The molecular weight excluding hydrogens is 333 g/mol. The molecule has 1 heterocycles. The minimum absolute atomic E-state index is 0.0672. The Morgan fingerprint density at radius 2 is 1.39 bits per heavy atom. The zero-order valence-electron chi connectivity index (χ0n) is 12.2. The number of ether oxygens (including phenoxy) is 1. The number of aromatic nitrogens is 3. The van der Waals surface area contributed by atoms with Gasteiger partial charge in [-0.1, -0.05) is 47.5 Å². The fourth-order valence-corrected chi connectivity index (χ4v) is 2.59. The van der Waals surface area contributed by atoms with Crippen LogP contribution in [0.4, 0.5) is 0 Å². The molecule has 3 rings (SSSR count). The average Bonchev–Trinajstić information content (AvgIpc) is 3.05. The molecule has 1 N–H and O–H groups in total. The highest BCUT2D eigenvalue weighted by Crippen LogP contribution is 2.18. The number of H-pyrrole nitrogens is 1. The van der Waals surface area contributed by atoms with Crippen LogP contribution in [0, 0.1) is 0 Å². The summed E-state index contributed by atoms with van der Waals surface area (Å²) in [6, 6.07) is 15.5. The van der Waals surface area contributed by atoms with Gasteiger partial charge in [0, 0.05) is 22.9 Å². The molecule has 0 atom stereocenters. The monoisotopic (exact) mass is 347 g/mol. The quantitative estimate of drug-likeness (QED) is 0.721. The van der Waals surface area contributed by atoms with Crippen LogP contribution in [0.15, 0.2) is 54.7 Å². The van der Waals surface area contributed by atoms with Crippen molar-refractivity contribution < 1.29 is 4.74 Å². The average molecular weight is 348 g/mol. The molecule has 2 aromatic carbocycles. The Bertz CT molecular complexity index is 680. The van der Waals surface area contributed by atoms with Crippen LogP contribution in [0.5, 0.6) is 5.88 Å². The summed E-state index contributed by atoms with van der Waals surface area (Å²) in [5.74, 6) is 0.484. The third-order valence-electron chi connectivity index (χ3n) is 3.43. The van der Waals surface area contributed by atoms with Crippen molar-refractivity contribution in [2.75, 3.05) is 0 Å². The predicted octanol–water partition coefficient (Wildman–Crippen LogP) is 4.34. The third-order valence-corrected chi connectivity index (χ3v) is 3.94. The SMILES string of the molecule is Clc1ccc(CC(Cc2ccc(Cl)cc2)Oc2cn[nH]n2)cc1. The molecule has 0 fully saturated rings. The minimum atomic E-state index is -0.0672. The molecule has 0 aliphatic carbocycles. The van der Waals surface area contributed by atoms with E-state index in [0.29, 0.717) is 5.88 Å². The highest BCUT2D eigenvalue weighted by molar-refractivity contribution is 6.30. The first-order valence-corrected chi connectivity index (χ1v) is 7.96. The smallest absolute Gasteiger partial charge is 0.253 e.